The van der Waals surface area contributed by atoms with E-state index in [2.05, 4.69) is 12.2 Å². The summed E-state index contributed by atoms with van der Waals surface area (Å²) < 4.78 is 13.3. The normalized spacial score (nSPS) is 10.4. The Morgan fingerprint density at radius 3 is 2.57 bits per heavy atom. The molecule has 0 heterocycles. The number of rotatable bonds is 5. The highest BCUT2D eigenvalue weighted by atomic mass is 32.2. The topological polar surface area (TPSA) is 55.1 Å². The van der Waals surface area contributed by atoms with Crippen molar-refractivity contribution < 1.29 is 9.18 Å². The van der Waals surface area contributed by atoms with Crippen molar-refractivity contribution in [2.75, 3.05) is 16.8 Å². The van der Waals surface area contributed by atoms with Gasteiger partial charge in [-0.3, -0.25) is 4.79 Å². The molecule has 0 atom stereocenters. The molecule has 0 aliphatic heterocycles. The van der Waals surface area contributed by atoms with Crippen molar-refractivity contribution >= 4 is 29.0 Å². The third-order valence-electron chi connectivity index (χ3n) is 2.99. The highest BCUT2D eigenvalue weighted by Crippen LogP contribution is 2.22. The number of thioether (sulfide) groups is 1. The first kappa shape index (κ1) is 15.4. The summed E-state index contributed by atoms with van der Waals surface area (Å²) in [6, 6.07) is 12.3. The van der Waals surface area contributed by atoms with Crippen LogP contribution in [-0.2, 0) is 11.2 Å². The van der Waals surface area contributed by atoms with Gasteiger partial charge < -0.3 is 11.1 Å². The summed E-state index contributed by atoms with van der Waals surface area (Å²) in [6.45, 7) is 2.08. The van der Waals surface area contributed by atoms with Crippen molar-refractivity contribution in [3.05, 3.63) is 53.8 Å². The minimum Gasteiger partial charge on any atom is -0.396 e. The zero-order valence-electron chi connectivity index (χ0n) is 11.7. The molecule has 0 spiro atoms. The number of benzene rings is 2. The number of anilines is 2. The van der Waals surface area contributed by atoms with Gasteiger partial charge in [0.25, 0.3) is 0 Å². The number of carbonyl (C=O) groups excluding carboxylic acids is 1. The molecule has 2 aromatic carbocycles. The van der Waals surface area contributed by atoms with E-state index < -0.39 is 5.82 Å². The number of nitrogen functional groups attached to an aromatic ring is 1. The van der Waals surface area contributed by atoms with Gasteiger partial charge >= 0.3 is 0 Å². The summed E-state index contributed by atoms with van der Waals surface area (Å²) in [6.07, 6.45) is 0.965. The lowest BCUT2D eigenvalue weighted by Crippen LogP contribution is -2.13. The first-order valence-corrected chi connectivity index (χ1v) is 7.63. The van der Waals surface area contributed by atoms with Crippen LogP contribution in [0, 0.1) is 5.82 Å². The molecule has 5 heteroatoms. The fourth-order valence-electron chi connectivity index (χ4n) is 1.77. The Labute approximate surface area is 127 Å². The van der Waals surface area contributed by atoms with Crippen LogP contribution in [0.1, 0.15) is 12.5 Å². The van der Waals surface area contributed by atoms with Gasteiger partial charge in [0.1, 0.15) is 5.82 Å². The van der Waals surface area contributed by atoms with Crippen molar-refractivity contribution in [1.82, 2.24) is 0 Å². The fraction of sp³-hybridized carbons (Fsp3) is 0.188. The van der Waals surface area contributed by atoms with E-state index in [4.69, 9.17) is 5.73 Å². The SMILES string of the molecule is CCc1ccc(NC(=O)CSc2ccc(N)c(F)c2)cc1. The molecule has 0 fully saturated rings. The Bertz CT molecular complexity index is 629. The van der Waals surface area contributed by atoms with E-state index in [1.165, 1.54) is 29.5 Å². The van der Waals surface area contributed by atoms with Crippen LogP contribution in [0.3, 0.4) is 0 Å². The Morgan fingerprint density at radius 2 is 1.95 bits per heavy atom. The first-order valence-electron chi connectivity index (χ1n) is 6.65. The minimum absolute atomic E-state index is 0.111. The molecule has 0 aliphatic carbocycles. The summed E-state index contributed by atoms with van der Waals surface area (Å²) in [4.78, 5) is 12.5. The molecule has 0 unspecified atom stereocenters. The highest BCUT2D eigenvalue weighted by molar-refractivity contribution is 8.00. The predicted molar refractivity (Wildman–Crippen MR) is 86.0 cm³/mol. The average molecular weight is 304 g/mol. The second-order valence-corrected chi connectivity index (χ2v) is 5.62. The number of aryl methyl sites for hydroxylation is 1. The molecular formula is C16H17FN2OS. The molecule has 0 saturated heterocycles. The summed E-state index contributed by atoms with van der Waals surface area (Å²) in [5.41, 5.74) is 7.50. The maximum Gasteiger partial charge on any atom is 0.234 e. The van der Waals surface area contributed by atoms with Crippen LogP contribution in [0.15, 0.2) is 47.4 Å². The molecule has 0 radical (unpaired) electrons. The molecule has 2 rings (SSSR count). The second kappa shape index (κ2) is 7.13. The minimum atomic E-state index is -0.462. The van der Waals surface area contributed by atoms with Gasteiger partial charge in [0.15, 0.2) is 0 Å². The summed E-state index contributed by atoms with van der Waals surface area (Å²) in [5.74, 6) is -0.365. The Morgan fingerprint density at radius 1 is 1.24 bits per heavy atom. The van der Waals surface area contributed by atoms with Crippen LogP contribution in [0.4, 0.5) is 15.8 Å². The molecule has 2 aromatic rings. The third-order valence-corrected chi connectivity index (χ3v) is 3.98. The van der Waals surface area contributed by atoms with Gasteiger partial charge in [0.2, 0.25) is 5.91 Å². The standard InChI is InChI=1S/C16H17FN2OS/c1-2-11-3-5-12(6-4-11)19-16(20)10-21-13-7-8-15(18)14(17)9-13/h3-9H,2,10,18H2,1H3,(H,19,20). The van der Waals surface area contributed by atoms with Crippen molar-refractivity contribution in [2.24, 2.45) is 0 Å². The summed E-state index contributed by atoms with van der Waals surface area (Å²) in [5, 5.41) is 2.81. The van der Waals surface area contributed by atoms with Gasteiger partial charge in [-0.2, -0.15) is 0 Å². The first-order chi connectivity index (χ1) is 10.1. The van der Waals surface area contributed by atoms with E-state index >= 15 is 0 Å². The van der Waals surface area contributed by atoms with Crippen LogP contribution >= 0.6 is 11.8 Å². The van der Waals surface area contributed by atoms with Crippen LogP contribution in [0.2, 0.25) is 0 Å². The number of halogens is 1. The third kappa shape index (κ3) is 4.49. The monoisotopic (exact) mass is 304 g/mol. The lowest BCUT2D eigenvalue weighted by molar-refractivity contribution is -0.113. The van der Waals surface area contributed by atoms with Crippen LogP contribution in [0.25, 0.3) is 0 Å². The van der Waals surface area contributed by atoms with Crippen molar-refractivity contribution in [3.8, 4) is 0 Å². The van der Waals surface area contributed by atoms with E-state index in [0.29, 0.717) is 4.90 Å². The zero-order chi connectivity index (χ0) is 15.2. The van der Waals surface area contributed by atoms with Crippen molar-refractivity contribution in [3.63, 3.8) is 0 Å². The van der Waals surface area contributed by atoms with Crippen molar-refractivity contribution in [2.45, 2.75) is 18.2 Å². The van der Waals surface area contributed by atoms with Gasteiger partial charge in [-0.15, -0.1) is 11.8 Å². The summed E-state index contributed by atoms with van der Waals surface area (Å²) in [7, 11) is 0. The molecule has 21 heavy (non-hydrogen) atoms. The van der Waals surface area contributed by atoms with Gasteiger partial charge in [0, 0.05) is 10.6 Å². The Hall–Kier alpha value is -2.01. The van der Waals surface area contributed by atoms with Crippen molar-refractivity contribution in [1.29, 1.82) is 0 Å². The molecule has 110 valence electrons. The highest BCUT2D eigenvalue weighted by Gasteiger charge is 2.06. The molecule has 1 amide bonds. The molecular weight excluding hydrogens is 287 g/mol. The number of nitrogens with two attached hydrogens (primary N) is 1. The Kier molecular flexibility index (Phi) is 5.22. The van der Waals surface area contributed by atoms with Gasteiger partial charge in [0.05, 0.1) is 11.4 Å². The number of amides is 1. The van der Waals surface area contributed by atoms with Gasteiger partial charge in [-0.1, -0.05) is 19.1 Å². The number of carbonyl (C=O) groups is 1. The second-order valence-electron chi connectivity index (χ2n) is 4.57. The van der Waals surface area contributed by atoms with Gasteiger partial charge in [-0.05, 0) is 42.3 Å². The predicted octanol–water partition coefficient (Wildman–Crippen LogP) is 3.70. The van der Waals surface area contributed by atoms with Gasteiger partial charge in [-0.25, -0.2) is 4.39 Å². The van der Waals surface area contributed by atoms with E-state index in [1.54, 1.807) is 6.07 Å². The van der Waals surface area contributed by atoms with E-state index in [-0.39, 0.29) is 17.3 Å². The quantitative estimate of drug-likeness (QED) is 0.654. The number of hydrogen-bond donors (Lipinski definition) is 2. The zero-order valence-corrected chi connectivity index (χ0v) is 12.5. The van der Waals surface area contributed by atoms with E-state index in [1.807, 2.05) is 24.3 Å². The van der Waals surface area contributed by atoms with E-state index in [9.17, 15) is 9.18 Å². The lowest BCUT2D eigenvalue weighted by atomic mass is 10.1. The van der Waals surface area contributed by atoms with Crippen LogP contribution < -0.4 is 11.1 Å². The number of nitrogens with one attached hydrogen (secondary N) is 1. The fourth-order valence-corrected chi connectivity index (χ4v) is 2.49. The average Bonchev–Trinajstić information content (AvgIpc) is 2.49. The molecule has 3 N–H and O–H groups in total. The maximum absolute atomic E-state index is 13.3. The summed E-state index contributed by atoms with van der Waals surface area (Å²) >= 11 is 1.27. The smallest absolute Gasteiger partial charge is 0.234 e. The van der Waals surface area contributed by atoms with E-state index in [0.717, 1.165) is 12.1 Å². The maximum atomic E-state index is 13.3. The molecule has 0 saturated carbocycles. The van der Waals surface area contributed by atoms with Crippen LogP contribution in [-0.4, -0.2) is 11.7 Å². The van der Waals surface area contributed by atoms with Crippen LogP contribution in [0.5, 0.6) is 0 Å². The largest absolute Gasteiger partial charge is 0.396 e. The molecule has 3 nitrogen and oxygen atoms in total. The number of hydrogen-bond acceptors (Lipinski definition) is 3. The molecule has 0 bridgehead atoms. The molecule has 0 aliphatic rings. The molecule has 0 aromatic heterocycles. The lowest BCUT2D eigenvalue weighted by Gasteiger charge is -2.06. The Balaban J connectivity index is 1.87.